The van der Waals surface area contributed by atoms with Crippen LogP contribution in [0.2, 0.25) is 5.02 Å². The third kappa shape index (κ3) is 2.76. The number of hydrogen-bond acceptors (Lipinski definition) is 4. The Labute approximate surface area is 126 Å². The van der Waals surface area contributed by atoms with Gasteiger partial charge in [0.15, 0.2) is 5.82 Å². The van der Waals surface area contributed by atoms with E-state index in [4.69, 9.17) is 16.7 Å². The van der Waals surface area contributed by atoms with Crippen LogP contribution < -0.4 is 0 Å². The molecule has 1 aromatic carbocycles. The topological polar surface area (TPSA) is 80.9 Å². The standard InChI is InChI=1S/C14H15ClN4O2/c15-11-7-6-10(14(20)21)8-12(11)19-13(16-17-18-19)9-4-2-1-3-5-9/h6-9H,1-5H2,(H,20,21). The molecule has 21 heavy (non-hydrogen) atoms. The summed E-state index contributed by atoms with van der Waals surface area (Å²) >= 11 is 6.19. The largest absolute Gasteiger partial charge is 0.478 e. The van der Waals surface area contributed by atoms with E-state index in [0.717, 1.165) is 18.7 Å². The molecule has 1 aromatic heterocycles. The van der Waals surface area contributed by atoms with E-state index in [1.807, 2.05) is 0 Å². The molecule has 3 rings (SSSR count). The zero-order chi connectivity index (χ0) is 14.8. The highest BCUT2D eigenvalue weighted by Crippen LogP contribution is 2.33. The van der Waals surface area contributed by atoms with Crippen molar-refractivity contribution in [1.82, 2.24) is 20.2 Å². The van der Waals surface area contributed by atoms with E-state index in [9.17, 15) is 4.79 Å². The van der Waals surface area contributed by atoms with Crippen molar-refractivity contribution in [3.63, 3.8) is 0 Å². The van der Waals surface area contributed by atoms with E-state index in [1.54, 1.807) is 10.7 Å². The van der Waals surface area contributed by atoms with Crippen molar-refractivity contribution in [1.29, 1.82) is 0 Å². The molecule has 0 amide bonds. The number of nitrogens with zero attached hydrogens (tertiary/aromatic N) is 4. The lowest BCUT2D eigenvalue weighted by atomic mass is 9.88. The molecule has 1 aliphatic carbocycles. The Morgan fingerprint density at radius 2 is 2.05 bits per heavy atom. The molecule has 6 nitrogen and oxygen atoms in total. The quantitative estimate of drug-likeness (QED) is 0.942. The van der Waals surface area contributed by atoms with E-state index in [1.165, 1.54) is 31.4 Å². The normalized spacial score (nSPS) is 16.0. The third-order valence-electron chi connectivity index (χ3n) is 3.89. The van der Waals surface area contributed by atoms with Crippen molar-refractivity contribution in [2.24, 2.45) is 0 Å². The van der Waals surface area contributed by atoms with Gasteiger partial charge < -0.3 is 5.11 Å². The fourth-order valence-electron chi connectivity index (χ4n) is 2.79. The summed E-state index contributed by atoms with van der Waals surface area (Å²) in [4.78, 5) is 11.1. The molecule has 0 atom stereocenters. The van der Waals surface area contributed by atoms with Crippen LogP contribution in [0.25, 0.3) is 5.69 Å². The van der Waals surface area contributed by atoms with Gasteiger partial charge in [-0.2, -0.15) is 4.68 Å². The molecule has 1 aliphatic rings. The van der Waals surface area contributed by atoms with Crippen molar-refractivity contribution < 1.29 is 9.90 Å². The Hall–Kier alpha value is -1.95. The van der Waals surface area contributed by atoms with Gasteiger partial charge in [-0.05, 0) is 41.5 Å². The van der Waals surface area contributed by atoms with Crippen LogP contribution in [-0.2, 0) is 0 Å². The summed E-state index contributed by atoms with van der Waals surface area (Å²) in [5.41, 5.74) is 0.682. The predicted molar refractivity (Wildman–Crippen MR) is 76.9 cm³/mol. The first-order chi connectivity index (χ1) is 10.2. The lowest BCUT2D eigenvalue weighted by molar-refractivity contribution is 0.0697. The number of carboxylic acids is 1. The molecule has 1 fully saturated rings. The molecule has 0 unspecified atom stereocenters. The zero-order valence-electron chi connectivity index (χ0n) is 11.4. The predicted octanol–water partition coefficient (Wildman–Crippen LogP) is 3.06. The Morgan fingerprint density at radius 3 is 2.76 bits per heavy atom. The van der Waals surface area contributed by atoms with Crippen LogP contribution in [-0.4, -0.2) is 31.3 Å². The average Bonchev–Trinajstić information content (AvgIpc) is 2.97. The fourth-order valence-corrected chi connectivity index (χ4v) is 2.99. The van der Waals surface area contributed by atoms with Crippen molar-refractivity contribution in [2.45, 2.75) is 38.0 Å². The number of aromatic carboxylic acids is 1. The molecule has 1 saturated carbocycles. The minimum absolute atomic E-state index is 0.166. The molecule has 1 N–H and O–H groups in total. The van der Waals surface area contributed by atoms with Crippen molar-refractivity contribution >= 4 is 17.6 Å². The van der Waals surface area contributed by atoms with E-state index in [2.05, 4.69) is 15.5 Å². The van der Waals surface area contributed by atoms with E-state index < -0.39 is 5.97 Å². The van der Waals surface area contributed by atoms with Crippen molar-refractivity contribution in [3.8, 4) is 5.69 Å². The number of tetrazole rings is 1. The van der Waals surface area contributed by atoms with Gasteiger partial charge in [0.05, 0.1) is 16.3 Å². The summed E-state index contributed by atoms with van der Waals surface area (Å²) in [5, 5.41) is 21.4. The molecule has 0 radical (unpaired) electrons. The van der Waals surface area contributed by atoms with E-state index >= 15 is 0 Å². The SMILES string of the molecule is O=C(O)c1ccc(Cl)c(-n2nnnc2C2CCCCC2)c1. The van der Waals surface area contributed by atoms with Crippen LogP contribution in [0.5, 0.6) is 0 Å². The number of carboxylic acid groups (broad SMARTS) is 1. The third-order valence-corrected chi connectivity index (χ3v) is 4.20. The number of benzene rings is 1. The second-order valence-electron chi connectivity index (χ2n) is 5.26. The Morgan fingerprint density at radius 1 is 1.29 bits per heavy atom. The highest BCUT2D eigenvalue weighted by molar-refractivity contribution is 6.32. The van der Waals surface area contributed by atoms with Gasteiger partial charge >= 0.3 is 5.97 Å². The molecule has 7 heteroatoms. The summed E-state index contributed by atoms with van der Waals surface area (Å²) in [6, 6.07) is 4.54. The van der Waals surface area contributed by atoms with Crippen molar-refractivity contribution in [2.75, 3.05) is 0 Å². The van der Waals surface area contributed by atoms with Gasteiger partial charge in [0.25, 0.3) is 0 Å². The first-order valence-electron chi connectivity index (χ1n) is 6.98. The van der Waals surface area contributed by atoms with Gasteiger partial charge in [0.2, 0.25) is 0 Å². The molecular formula is C14H15ClN4O2. The van der Waals surface area contributed by atoms with Gasteiger partial charge in [-0.3, -0.25) is 0 Å². The van der Waals surface area contributed by atoms with Crippen LogP contribution in [0.4, 0.5) is 0 Å². The van der Waals surface area contributed by atoms with Crippen LogP contribution in [0.3, 0.4) is 0 Å². The summed E-state index contributed by atoms with van der Waals surface area (Å²) in [5.74, 6) is 0.0673. The molecule has 0 spiro atoms. The lowest BCUT2D eigenvalue weighted by Crippen LogP contribution is -2.13. The van der Waals surface area contributed by atoms with Gasteiger partial charge in [-0.1, -0.05) is 30.9 Å². The molecule has 110 valence electrons. The molecule has 2 aromatic rings. The van der Waals surface area contributed by atoms with E-state index in [0.29, 0.717) is 16.6 Å². The lowest BCUT2D eigenvalue weighted by Gasteiger charge is -2.20. The Bertz CT molecular complexity index is 665. The number of aromatic nitrogens is 4. The van der Waals surface area contributed by atoms with Crippen LogP contribution in [0, 0.1) is 0 Å². The second-order valence-corrected chi connectivity index (χ2v) is 5.66. The zero-order valence-corrected chi connectivity index (χ0v) is 12.1. The molecule has 1 heterocycles. The maximum atomic E-state index is 11.1. The number of carbonyl (C=O) groups is 1. The van der Waals surface area contributed by atoms with Gasteiger partial charge in [-0.15, -0.1) is 5.10 Å². The minimum Gasteiger partial charge on any atom is -0.478 e. The first kappa shape index (κ1) is 14.0. The maximum Gasteiger partial charge on any atom is 0.335 e. The van der Waals surface area contributed by atoms with Gasteiger partial charge in [-0.25, -0.2) is 4.79 Å². The molecule has 0 saturated heterocycles. The Balaban J connectivity index is 2.03. The second kappa shape index (κ2) is 5.81. The summed E-state index contributed by atoms with van der Waals surface area (Å²) in [7, 11) is 0. The average molecular weight is 307 g/mol. The smallest absolute Gasteiger partial charge is 0.335 e. The van der Waals surface area contributed by atoms with E-state index in [-0.39, 0.29) is 5.56 Å². The number of rotatable bonds is 3. The summed E-state index contributed by atoms with van der Waals surface area (Å²) in [6.07, 6.45) is 5.68. The summed E-state index contributed by atoms with van der Waals surface area (Å²) in [6.45, 7) is 0. The number of halogens is 1. The van der Waals surface area contributed by atoms with Crippen LogP contribution >= 0.6 is 11.6 Å². The molecule has 0 bridgehead atoms. The highest BCUT2D eigenvalue weighted by atomic mass is 35.5. The maximum absolute atomic E-state index is 11.1. The molecule has 0 aliphatic heterocycles. The monoisotopic (exact) mass is 306 g/mol. The van der Waals surface area contributed by atoms with Crippen molar-refractivity contribution in [3.05, 3.63) is 34.6 Å². The van der Waals surface area contributed by atoms with Gasteiger partial charge in [0, 0.05) is 5.92 Å². The van der Waals surface area contributed by atoms with Crippen LogP contribution in [0.15, 0.2) is 18.2 Å². The minimum atomic E-state index is -1.000. The fraction of sp³-hybridized carbons (Fsp3) is 0.429. The first-order valence-corrected chi connectivity index (χ1v) is 7.36. The molecular weight excluding hydrogens is 292 g/mol. The van der Waals surface area contributed by atoms with Crippen LogP contribution in [0.1, 0.15) is 54.2 Å². The van der Waals surface area contributed by atoms with Gasteiger partial charge in [0.1, 0.15) is 0 Å². The number of hydrogen-bond donors (Lipinski definition) is 1. The highest BCUT2D eigenvalue weighted by Gasteiger charge is 2.23. The Kier molecular flexibility index (Phi) is 3.88. The summed E-state index contributed by atoms with van der Waals surface area (Å²) < 4.78 is 1.57.